The third kappa shape index (κ3) is 3.61. The first-order valence-electron chi connectivity index (χ1n) is 4.44. The first kappa shape index (κ1) is 13.4. The Hall–Kier alpha value is -0.650. The Morgan fingerprint density at radius 3 is 2.79 bits per heavy atom. The highest BCUT2D eigenvalue weighted by Gasteiger charge is 2.09. The number of carbonyl (C=O) groups excluding carboxylic acids is 1. The minimum atomic E-state index is -0.259. The van der Waals surface area contributed by atoms with Gasteiger partial charge in [0.1, 0.15) is 12.1 Å². The molecule has 4 heteroatoms. The third-order valence-corrected chi connectivity index (χ3v) is 1.73. The molecule has 0 amide bonds. The second-order valence-electron chi connectivity index (χ2n) is 2.64. The molecule has 0 saturated heterocycles. The molecule has 1 aromatic rings. The summed E-state index contributed by atoms with van der Waals surface area (Å²) in [4.78, 5) is 11.3. The summed E-state index contributed by atoms with van der Waals surface area (Å²) in [6.07, 6.45) is 3.71. The molecule has 3 nitrogen and oxygen atoms in total. The largest absolute Gasteiger partial charge is 1.00 e. The first-order valence-corrected chi connectivity index (χ1v) is 4.44. The lowest BCUT2D eigenvalue weighted by atomic mass is 10.3. The molecule has 1 aromatic heterocycles. The number of aromatic nitrogens is 1. The van der Waals surface area contributed by atoms with Gasteiger partial charge < -0.3 is 28.7 Å². The van der Waals surface area contributed by atoms with Crippen molar-refractivity contribution in [2.45, 2.75) is 20.4 Å². The van der Waals surface area contributed by atoms with Gasteiger partial charge in [-0.2, -0.15) is 0 Å². The quantitative estimate of drug-likeness (QED) is 0.374. The van der Waals surface area contributed by atoms with E-state index in [1.807, 2.05) is 23.8 Å². The minimum Gasteiger partial charge on any atom is -1.00 e. The van der Waals surface area contributed by atoms with Crippen LogP contribution in [0.15, 0.2) is 24.5 Å². The topological polar surface area (TPSA) is 30.2 Å². The molecule has 0 aliphatic carbocycles. The third-order valence-electron chi connectivity index (χ3n) is 1.73. The van der Waals surface area contributed by atoms with Crippen molar-refractivity contribution in [1.29, 1.82) is 0 Å². The van der Waals surface area contributed by atoms with E-state index in [9.17, 15) is 4.79 Å². The van der Waals surface area contributed by atoms with E-state index < -0.39 is 0 Å². The van der Waals surface area contributed by atoms with Crippen LogP contribution in [-0.2, 0) is 11.3 Å². The van der Waals surface area contributed by atoms with Gasteiger partial charge in [-0.05, 0) is 19.9 Å². The number of carbonyl (C=O) groups is 1. The van der Waals surface area contributed by atoms with Gasteiger partial charge >= 0.3 is 5.97 Å². The van der Waals surface area contributed by atoms with Crippen LogP contribution in [0.4, 0.5) is 0 Å². The predicted molar refractivity (Wildman–Crippen MR) is 48.3 cm³/mol. The lowest BCUT2D eigenvalue weighted by Gasteiger charge is -1.99. The normalized spacial score (nSPS) is 9.00. The molecule has 0 spiro atoms. The number of pyridine rings is 1. The van der Waals surface area contributed by atoms with Crippen molar-refractivity contribution in [3.05, 3.63) is 30.1 Å². The molecule has 0 aliphatic heterocycles. The molecule has 0 saturated carbocycles. The Morgan fingerprint density at radius 2 is 2.21 bits per heavy atom. The lowest BCUT2D eigenvalue weighted by molar-refractivity contribution is -0.693. The molecular weight excluding hydrogens is 293 g/mol. The Balaban J connectivity index is 0.00000169. The van der Waals surface area contributed by atoms with Crippen LogP contribution in [0.2, 0.25) is 0 Å². The van der Waals surface area contributed by atoms with E-state index in [2.05, 4.69) is 0 Å². The van der Waals surface area contributed by atoms with Crippen molar-refractivity contribution in [1.82, 2.24) is 0 Å². The lowest BCUT2D eigenvalue weighted by Crippen LogP contribution is -3.00. The monoisotopic (exact) mass is 307 g/mol. The van der Waals surface area contributed by atoms with Crippen molar-refractivity contribution in [3.63, 3.8) is 0 Å². The van der Waals surface area contributed by atoms with Crippen LogP contribution >= 0.6 is 0 Å². The molecule has 78 valence electrons. The Morgan fingerprint density at radius 1 is 1.50 bits per heavy atom. The maximum absolute atomic E-state index is 11.3. The van der Waals surface area contributed by atoms with Gasteiger partial charge in [0.15, 0.2) is 12.4 Å². The highest BCUT2D eigenvalue weighted by atomic mass is 127. The average Bonchev–Trinajstić information content (AvgIpc) is 2.18. The predicted octanol–water partition coefficient (Wildman–Crippen LogP) is -1.83. The zero-order chi connectivity index (χ0) is 9.68. The Bertz CT molecular complexity index is 302. The average molecular weight is 307 g/mol. The van der Waals surface area contributed by atoms with Crippen LogP contribution in [0.25, 0.3) is 0 Å². The Labute approximate surface area is 101 Å². The molecule has 1 rings (SSSR count). The number of aryl methyl sites for hydroxylation is 1. The number of esters is 1. The molecule has 0 aromatic carbocycles. The molecule has 0 N–H and O–H groups in total. The van der Waals surface area contributed by atoms with E-state index in [1.54, 1.807) is 19.2 Å². The highest BCUT2D eigenvalue weighted by Crippen LogP contribution is 1.97. The molecule has 0 unspecified atom stereocenters. The van der Waals surface area contributed by atoms with Gasteiger partial charge in [0.25, 0.3) is 0 Å². The summed E-state index contributed by atoms with van der Waals surface area (Å²) in [5.74, 6) is -0.259. The minimum absolute atomic E-state index is 0. The zero-order valence-corrected chi connectivity index (χ0v) is 10.5. The molecule has 0 bridgehead atoms. The smallest absolute Gasteiger partial charge is 0.344 e. The van der Waals surface area contributed by atoms with Crippen molar-refractivity contribution in [3.8, 4) is 0 Å². The summed E-state index contributed by atoms with van der Waals surface area (Å²) in [5, 5.41) is 0. The number of halogens is 1. The zero-order valence-electron chi connectivity index (χ0n) is 8.37. The fourth-order valence-corrected chi connectivity index (χ4v) is 1.05. The molecule has 0 fully saturated rings. The SMILES string of the molecule is CCOC(=O)c1ccc[n+](CC)c1.[I-]. The molecule has 0 aliphatic rings. The number of ether oxygens (including phenoxy) is 1. The Kier molecular flexibility index (Phi) is 6.44. The number of rotatable bonds is 3. The van der Waals surface area contributed by atoms with Crippen molar-refractivity contribution < 1.29 is 38.1 Å². The number of hydrogen-bond acceptors (Lipinski definition) is 2. The van der Waals surface area contributed by atoms with Gasteiger partial charge in [0.2, 0.25) is 0 Å². The summed E-state index contributed by atoms with van der Waals surface area (Å²) in [5.41, 5.74) is 0.603. The van der Waals surface area contributed by atoms with E-state index in [-0.39, 0.29) is 29.9 Å². The van der Waals surface area contributed by atoms with E-state index >= 15 is 0 Å². The fraction of sp³-hybridized carbons (Fsp3) is 0.400. The molecule has 14 heavy (non-hydrogen) atoms. The second-order valence-corrected chi connectivity index (χ2v) is 2.64. The van der Waals surface area contributed by atoms with Gasteiger partial charge in [-0.3, -0.25) is 0 Å². The van der Waals surface area contributed by atoms with Gasteiger partial charge in [0, 0.05) is 6.07 Å². The van der Waals surface area contributed by atoms with Crippen LogP contribution in [-0.4, -0.2) is 12.6 Å². The molecule has 0 radical (unpaired) electrons. The summed E-state index contributed by atoms with van der Waals surface area (Å²) in [6, 6.07) is 3.60. The van der Waals surface area contributed by atoms with E-state index in [4.69, 9.17) is 4.74 Å². The highest BCUT2D eigenvalue weighted by molar-refractivity contribution is 5.88. The van der Waals surface area contributed by atoms with Crippen molar-refractivity contribution in [2.75, 3.05) is 6.61 Å². The first-order chi connectivity index (χ1) is 6.27. The molecule has 1 heterocycles. The molecule has 0 atom stereocenters. The number of nitrogens with zero attached hydrogens (tertiary/aromatic N) is 1. The van der Waals surface area contributed by atoms with E-state index in [1.165, 1.54) is 0 Å². The van der Waals surface area contributed by atoms with Gasteiger partial charge in [-0.15, -0.1) is 0 Å². The van der Waals surface area contributed by atoms with Crippen molar-refractivity contribution in [2.24, 2.45) is 0 Å². The van der Waals surface area contributed by atoms with Crippen LogP contribution < -0.4 is 28.5 Å². The van der Waals surface area contributed by atoms with Gasteiger partial charge in [0.05, 0.1) is 6.61 Å². The second kappa shape index (κ2) is 6.75. The fourth-order valence-electron chi connectivity index (χ4n) is 1.05. The summed E-state index contributed by atoms with van der Waals surface area (Å²) in [7, 11) is 0. The standard InChI is InChI=1S/C10H14NO2.HI/c1-3-11-7-5-6-9(8-11)10(12)13-4-2;/h5-8H,3-4H2,1-2H3;1H/q+1;/p-1. The maximum atomic E-state index is 11.3. The summed E-state index contributed by atoms with van der Waals surface area (Å²) >= 11 is 0. The van der Waals surface area contributed by atoms with Crippen LogP contribution in [0.3, 0.4) is 0 Å². The maximum Gasteiger partial charge on any atom is 0.344 e. The van der Waals surface area contributed by atoms with E-state index in [0.29, 0.717) is 12.2 Å². The van der Waals surface area contributed by atoms with Gasteiger partial charge in [-0.1, -0.05) is 0 Å². The van der Waals surface area contributed by atoms with Crippen LogP contribution in [0.5, 0.6) is 0 Å². The summed E-state index contributed by atoms with van der Waals surface area (Å²) in [6.45, 7) is 5.09. The number of hydrogen-bond donors (Lipinski definition) is 0. The van der Waals surface area contributed by atoms with Crippen molar-refractivity contribution >= 4 is 5.97 Å². The van der Waals surface area contributed by atoms with Crippen LogP contribution in [0, 0.1) is 0 Å². The summed E-state index contributed by atoms with van der Waals surface area (Å²) < 4.78 is 6.81. The van der Waals surface area contributed by atoms with Crippen LogP contribution in [0.1, 0.15) is 24.2 Å². The molecular formula is C10H14INO2. The van der Waals surface area contributed by atoms with E-state index in [0.717, 1.165) is 6.54 Å². The van der Waals surface area contributed by atoms with Gasteiger partial charge in [-0.25, -0.2) is 9.36 Å².